The van der Waals surface area contributed by atoms with Crippen LogP contribution in [0, 0.1) is 11.3 Å². The number of methoxy groups -OCH3 is 1. The Morgan fingerprint density at radius 3 is 2.54 bits per heavy atom. The van der Waals surface area contributed by atoms with Crippen LogP contribution in [-0.4, -0.2) is 23.3 Å². The van der Waals surface area contributed by atoms with Crippen molar-refractivity contribution in [1.29, 1.82) is 5.26 Å². The lowest BCUT2D eigenvalue weighted by atomic mass is 10.1. The molecule has 0 aliphatic rings. The second-order valence-corrected chi connectivity index (χ2v) is 5.88. The number of ether oxygens (including phenoxy) is 1. The topological polar surface area (TPSA) is 139 Å². The molecule has 0 spiro atoms. The van der Waals surface area contributed by atoms with Crippen molar-refractivity contribution in [2.24, 2.45) is 0 Å². The molecule has 0 radical (unpaired) electrons. The average molecular weight is 378 g/mol. The number of nitriles is 1. The van der Waals surface area contributed by atoms with Crippen LogP contribution in [0.3, 0.4) is 0 Å². The third kappa shape index (κ3) is 4.76. The molecule has 142 valence electrons. The smallest absolute Gasteiger partial charge is 0.319 e. The lowest BCUT2D eigenvalue weighted by Crippen LogP contribution is -2.34. The molecule has 0 aliphatic carbocycles. The third-order valence-electron chi connectivity index (χ3n) is 3.95. The molecule has 0 bridgehead atoms. The molecule has 3 aromatic rings. The summed E-state index contributed by atoms with van der Waals surface area (Å²) in [6.45, 7) is 0. The van der Waals surface area contributed by atoms with Crippen LogP contribution in [0.5, 0.6) is 5.75 Å². The molecule has 1 atom stereocenters. The monoisotopic (exact) mass is 378 g/mol. The lowest BCUT2D eigenvalue weighted by Gasteiger charge is -2.16. The number of anilines is 2. The number of nitrogen functional groups attached to an aromatic ring is 1. The Morgan fingerprint density at radius 2 is 1.96 bits per heavy atom. The molecule has 0 unspecified atom stereocenters. The minimum Gasteiger partial charge on any atom is -0.497 e. The van der Waals surface area contributed by atoms with Crippen LogP contribution < -0.4 is 21.1 Å². The van der Waals surface area contributed by atoms with E-state index in [-0.39, 0.29) is 11.8 Å². The molecule has 9 nitrogen and oxygen atoms in total. The highest BCUT2D eigenvalue weighted by molar-refractivity contribution is 5.89. The number of hydrogen-bond donors (Lipinski definition) is 3. The number of benzene rings is 2. The first-order chi connectivity index (χ1) is 13.6. The third-order valence-corrected chi connectivity index (χ3v) is 3.95. The average Bonchev–Trinajstić information content (AvgIpc) is 3.15. The molecule has 4 N–H and O–H groups in total. The van der Waals surface area contributed by atoms with E-state index in [4.69, 9.17) is 20.3 Å². The summed E-state index contributed by atoms with van der Waals surface area (Å²) >= 11 is 0. The molecule has 28 heavy (non-hydrogen) atoms. The number of nitrogens with one attached hydrogen (secondary N) is 2. The fourth-order valence-corrected chi connectivity index (χ4v) is 2.55. The lowest BCUT2D eigenvalue weighted by molar-refractivity contribution is 0.247. The Labute approximate surface area is 161 Å². The van der Waals surface area contributed by atoms with Gasteiger partial charge in [0, 0.05) is 12.1 Å². The molecule has 1 aromatic heterocycles. The molecule has 2 aromatic carbocycles. The number of nitrogens with two attached hydrogens (primary N) is 1. The van der Waals surface area contributed by atoms with Gasteiger partial charge in [0.15, 0.2) is 5.82 Å². The first-order valence-corrected chi connectivity index (χ1v) is 8.37. The Kier molecular flexibility index (Phi) is 5.72. The highest BCUT2D eigenvalue weighted by Crippen LogP contribution is 2.19. The van der Waals surface area contributed by atoms with Gasteiger partial charge < -0.3 is 25.6 Å². The summed E-state index contributed by atoms with van der Waals surface area (Å²) in [5.74, 6) is 0.999. The predicted molar refractivity (Wildman–Crippen MR) is 101 cm³/mol. The van der Waals surface area contributed by atoms with E-state index in [1.54, 1.807) is 31.4 Å². The highest BCUT2D eigenvalue weighted by atomic mass is 16.5. The number of aromatic nitrogens is 2. The van der Waals surface area contributed by atoms with Crippen molar-refractivity contribution >= 4 is 17.7 Å². The molecule has 2 amide bonds. The van der Waals surface area contributed by atoms with Gasteiger partial charge >= 0.3 is 12.0 Å². The van der Waals surface area contributed by atoms with Crippen molar-refractivity contribution in [2.75, 3.05) is 18.2 Å². The van der Waals surface area contributed by atoms with Crippen LogP contribution in [0.15, 0.2) is 53.1 Å². The Bertz CT molecular complexity index is 976. The second-order valence-electron chi connectivity index (χ2n) is 5.88. The van der Waals surface area contributed by atoms with Crippen LogP contribution in [-0.2, 0) is 6.42 Å². The number of carbonyl (C=O) groups is 1. The summed E-state index contributed by atoms with van der Waals surface area (Å²) in [5, 5.41) is 18.2. The number of carbonyl (C=O) groups excluding carboxylic acids is 1. The van der Waals surface area contributed by atoms with Gasteiger partial charge in [0.25, 0.3) is 0 Å². The molecule has 0 aliphatic heterocycles. The minimum atomic E-state index is -0.562. The van der Waals surface area contributed by atoms with Gasteiger partial charge in [-0.1, -0.05) is 17.3 Å². The van der Waals surface area contributed by atoms with E-state index in [1.807, 2.05) is 30.3 Å². The largest absolute Gasteiger partial charge is 0.497 e. The van der Waals surface area contributed by atoms with Gasteiger partial charge in [0.1, 0.15) is 5.75 Å². The van der Waals surface area contributed by atoms with Gasteiger partial charge in [0.2, 0.25) is 0 Å². The molecule has 0 saturated carbocycles. The van der Waals surface area contributed by atoms with E-state index in [0.717, 1.165) is 11.3 Å². The van der Waals surface area contributed by atoms with Crippen LogP contribution in [0.1, 0.15) is 23.0 Å². The van der Waals surface area contributed by atoms with E-state index in [0.29, 0.717) is 17.7 Å². The zero-order valence-corrected chi connectivity index (χ0v) is 15.0. The molecular weight excluding hydrogens is 360 g/mol. The summed E-state index contributed by atoms with van der Waals surface area (Å²) in [6, 6.07) is 14.9. The van der Waals surface area contributed by atoms with E-state index < -0.39 is 12.1 Å². The van der Waals surface area contributed by atoms with E-state index in [9.17, 15) is 4.79 Å². The van der Waals surface area contributed by atoms with Gasteiger partial charge in [-0.2, -0.15) is 10.2 Å². The summed E-state index contributed by atoms with van der Waals surface area (Å²) in [4.78, 5) is 16.4. The maximum atomic E-state index is 12.4. The van der Waals surface area contributed by atoms with Crippen LogP contribution in [0.4, 0.5) is 16.5 Å². The number of hydrogen-bond acceptors (Lipinski definition) is 7. The number of amides is 2. The van der Waals surface area contributed by atoms with Crippen molar-refractivity contribution in [1.82, 2.24) is 15.5 Å². The standard InChI is InChI=1S/C19H18N6O3/c1-27-15-8-4-12(5-9-15)10-16(17-24-18(21)28-25-17)23-19(26)22-14-6-2-13(11-20)3-7-14/h2-9,16H,10H2,1H3,(H2,21,24,25)(H2,22,23,26)/t16-/m0/s1. The summed E-state index contributed by atoms with van der Waals surface area (Å²) in [6.07, 6.45) is 0.420. The Hall–Kier alpha value is -4.06. The van der Waals surface area contributed by atoms with Crippen LogP contribution >= 0.6 is 0 Å². The van der Waals surface area contributed by atoms with Gasteiger partial charge in [0.05, 0.1) is 24.8 Å². The molecule has 1 heterocycles. The van der Waals surface area contributed by atoms with Crippen molar-refractivity contribution in [3.8, 4) is 11.8 Å². The maximum Gasteiger partial charge on any atom is 0.319 e. The van der Waals surface area contributed by atoms with Crippen molar-refractivity contribution in [3.63, 3.8) is 0 Å². The molecular formula is C19H18N6O3. The van der Waals surface area contributed by atoms with Gasteiger partial charge in [-0.05, 0) is 42.0 Å². The van der Waals surface area contributed by atoms with Crippen molar-refractivity contribution in [2.45, 2.75) is 12.5 Å². The van der Waals surface area contributed by atoms with E-state index in [1.165, 1.54) is 0 Å². The van der Waals surface area contributed by atoms with Crippen LogP contribution in [0.25, 0.3) is 0 Å². The summed E-state index contributed by atoms with van der Waals surface area (Å²) in [5.41, 5.74) is 7.51. The second kappa shape index (κ2) is 8.55. The normalized spacial score (nSPS) is 11.3. The number of urea groups is 1. The van der Waals surface area contributed by atoms with Crippen molar-refractivity contribution < 1.29 is 14.1 Å². The predicted octanol–water partition coefficient (Wildman–Crippen LogP) is 2.64. The van der Waals surface area contributed by atoms with Gasteiger partial charge in [-0.25, -0.2) is 4.79 Å². The Morgan fingerprint density at radius 1 is 1.25 bits per heavy atom. The summed E-state index contributed by atoms with van der Waals surface area (Å²) < 4.78 is 9.99. The van der Waals surface area contributed by atoms with E-state index >= 15 is 0 Å². The Balaban J connectivity index is 1.72. The zero-order chi connectivity index (χ0) is 19.9. The van der Waals surface area contributed by atoms with Crippen molar-refractivity contribution in [3.05, 3.63) is 65.5 Å². The van der Waals surface area contributed by atoms with Gasteiger partial charge in [-0.3, -0.25) is 0 Å². The first-order valence-electron chi connectivity index (χ1n) is 8.37. The SMILES string of the molecule is COc1ccc(C[C@H](NC(=O)Nc2ccc(C#N)cc2)c2noc(N)n2)cc1. The molecule has 3 rings (SSSR count). The number of nitrogens with zero attached hydrogens (tertiary/aromatic N) is 3. The maximum absolute atomic E-state index is 12.4. The summed E-state index contributed by atoms with van der Waals surface area (Å²) in [7, 11) is 1.59. The molecule has 0 saturated heterocycles. The fraction of sp³-hybridized carbons (Fsp3) is 0.158. The molecule has 9 heteroatoms. The van der Waals surface area contributed by atoms with Crippen LogP contribution in [0.2, 0.25) is 0 Å². The number of rotatable bonds is 6. The van der Waals surface area contributed by atoms with E-state index in [2.05, 4.69) is 20.8 Å². The quantitative estimate of drug-likeness (QED) is 0.599. The first kappa shape index (κ1) is 18.7. The zero-order valence-electron chi connectivity index (χ0n) is 15.0. The highest BCUT2D eigenvalue weighted by Gasteiger charge is 2.21. The fourth-order valence-electron chi connectivity index (χ4n) is 2.55. The molecule has 0 fully saturated rings. The minimum absolute atomic E-state index is 0.0796. The van der Waals surface area contributed by atoms with Gasteiger partial charge in [-0.15, -0.1) is 0 Å².